The molecule has 0 spiro atoms. The highest BCUT2D eigenvalue weighted by atomic mass is 35.5. The largest absolute Gasteiger partial charge is 0.504 e. The monoisotopic (exact) mass is 283 g/mol. The van der Waals surface area contributed by atoms with Crippen molar-refractivity contribution in [2.45, 2.75) is 38.9 Å². The van der Waals surface area contributed by atoms with Crippen molar-refractivity contribution in [1.82, 2.24) is 4.98 Å². The topological polar surface area (TPSA) is 35.3 Å². The van der Waals surface area contributed by atoms with Crippen molar-refractivity contribution < 1.29 is 8.84 Å². The summed E-state index contributed by atoms with van der Waals surface area (Å²) in [7, 11) is -1.91. The SMILES string of the molecule is CC(C)(C)[Si](C)(C)Oc1nc2cc(Cl)ccc2o1. The quantitative estimate of drug-likeness (QED) is 0.738. The van der Waals surface area contributed by atoms with Crippen LogP contribution >= 0.6 is 11.6 Å². The van der Waals surface area contributed by atoms with Crippen molar-refractivity contribution in [3.05, 3.63) is 23.2 Å². The van der Waals surface area contributed by atoms with Crippen LogP contribution in [-0.4, -0.2) is 13.3 Å². The molecule has 1 aromatic carbocycles. The van der Waals surface area contributed by atoms with Gasteiger partial charge in [-0.05, 0) is 36.3 Å². The molecule has 0 fully saturated rings. The average molecular weight is 284 g/mol. The molecule has 3 nitrogen and oxygen atoms in total. The molecule has 0 atom stereocenters. The third kappa shape index (κ3) is 2.54. The maximum Gasteiger partial charge on any atom is 0.380 e. The second kappa shape index (κ2) is 4.28. The van der Waals surface area contributed by atoms with E-state index in [-0.39, 0.29) is 5.04 Å². The second-order valence-corrected chi connectivity index (χ2v) is 11.1. The smallest absolute Gasteiger partial charge is 0.380 e. The summed E-state index contributed by atoms with van der Waals surface area (Å²) in [5.74, 6) is 0. The maximum atomic E-state index is 6.01. The molecule has 2 rings (SSSR count). The van der Waals surface area contributed by atoms with Gasteiger partial charge in [-0.2, -0.15) is 4.98 Å². The van der Waals surface area contributed by atoms with Crippen molar-refractivity contribution >= 4 is 31.0 Å². The Morgan fingerprint density at radius 3 is 2.56 bits per heavy atom. The summed E-state index contributed by atoms with van der Waals surface area (Å²) in [6, 6.07) is 5.37. The van der Waals surface area contributed by atoms with Crippen LogP contribution in [0.1, 0.15) is 20.8 Å². The summed E-state index contributed by atoms with van der Waals surface area (Å²) in [6.45, 7) is 10.9. The van der Waals surface area contributed by atoms with Crippen LogP contribution in [0.5, 0.6) is 6.08 Å². The molecule has 0 saturated carbocycles. The molecule has 0 radical (unpaired) electrons. The minimum atomic E-state index is -1.91. The third-order valence-electron chi connectivity index (χ3n) is 3.48. The highest BCUT2D eigenvalue weighted by Gasteiger charge is 2.40. The first-order valence-electron chi connectivity index (χ1n) is 5.94. The van der Waals surface area contributed by atoms with Crippen LogP contribution in [0.25, 0.3) is 11.1 Å². The first-order valence-corrected chi connectivity index (χ1v) is 9.23. The molecule has 2 aromatic rings. The van der Waals surface area contributed by atoms with Gasteiger partial charge in [0.1, 0.15) is 5.52 Å². The van der Waals surface area contributed by atoms with E-state index in [2.05, 4.69) is 38.8 Å². The van der Waals surface area contributed by atoms with Gasteiger partial charge in [0.05, 0.1) is 0 Å². The Hall–Kier alpha value is -1.00. The van der Waals surface area contributed by atoms with Crippen LogP contribution in [0, 0.1) is 0 Å². The van der Waals surface area contributed by atoms with E-state index in [0.717, 1.165) is 5.52 Å². The molecule has 0 unspecified atom stereocenters. The maximum absolute atomic E-state index is 6.01. The van der Waals surface area contributed by atoms with E-state index >= 15 is 0 Å². The molecule has 0 saturated heterocycles. The van der Waals surface area contributed by atoms with E-state index in [1.807, 2.05) is 6.07 Å². The Balaban J connectivity index is 2.33. The summed E-state index contributed by atoms with van der Waals surface area (Å²) < 4.78 is 11.6. The Morgan fingerprint density at radius 2 is 1.94 bits per heavy atom. The summed E-state index contributed by atoms with van der Waals surface area (Å²) in [5, 5.41) is 0.764. The van der Waals surface area contributed by atoms with Gasteiger partial charge < -0.3 is 8.84 Å². The molecule has 0 N–H and O–H groups in total. The number of hydrogen-bond acceptors (Lipinski definition) is 3. The van der Waals surface area contributed by atoms with Gasteiger partial charge in [0.25, 0.3) is 8.32 Å². The van der Waals surface area contributed by atoms with Crippen molar-refractivity contribution in [2.24, 2.45) is 0 Å². The zero-order valence-electron chi connectivity index (χ0n) is 11.4. The van der Waals surface area contributed by atoms with Gasteiger partial charge >= 0.3 is 6.08 Å². The lowest BCUT2D eigenvalue weighted by Gasteiger charge is -2.34. The molecule has 0 aliphatic rings. The lowest BCUT2D eigenvalue weighted by Crippen LogP contribution is -2.43. The van der Waals surface area contributed by atoms with Gasteiger partial charge in [0.2, 0.25) is 0 Å². The molecule has 0 amide bonds. The number of aromatic nitrogens is 1. The molecular formula is C13H18ClNO2Si. The molecule has 0 aliphatic heterocycles. The number of nitrogens with zero attached hydrogens (tertiary/aromatic N) is 1. The van der Waals surface area contributed by atoms with E-state index in [4.69, 9.17) is 20.4 Å². The lowest BCUT2D eigenvalue weighted by molar-refractivity contribution is 0.364. The van der Waals surface area contributed by atoms with E-state index in [1.54, 1.807) is 12.1 Å². The van der Waals surface area contributed by atoms with Gasteiger partial charge in [-0.1, -0.05) is 32.4 Å². The fourth-order valence-electron chi connectivity index (χ4n) is 1.29. The van der Waals surface area contributed by atoms with E-state index in [0.29, 0.717) is 16.7 Å². The predicted molar refractivity (Wildman–Crippen MR) is 76.8 cm³/mol. The van der Waals surface area contributed by atoms with Crippen molar-refractivity contribution in [3.8, 4) is 6.08 Å². The van der Waals surface area contributed by atoms with E-state index in [9.17, 15) is 0 Å². The Morgan fingerprint density at radius 1 is 1.28 bits per heavy atom. The number of halogens is 1. The number of oxazole rings is 1. The first kappa shape index (κ1) is 13.4. The van der Waals surface area contributed by atoms with Crippen LogP contribution in [0.3, 0.4) is 0 Å². The van der Waals surface area contributed by atoms with Crippen LogP contribution in [0.4, 0.5) is 0 Å². The summed E-state index contributed by atoms with van der Waals surface area (Å²) in [5.41, 5.74) is 1.43. The van der Waals surface area contributed by atoms with Gasteiger partial charge in [-0.25, -0.2) is 0 Å². The Bertz CT molecular complexity index is 572. The molecule has 5 heteroatoms. The number of fused-ring (bicyclic) bond motifs is 1. The normalized spacial score (nSPS) is 13.0. The van der Waals surface area contributed by atoms with Crippen molar-refractivity contribution in [3.63, 3.8) is 0 Å². The summed E-state index contributed by atoms with van der Waals surface area (Å²) >= 11 is 5.92. The highest BCUT2D eigenvalue weighted by molar-refractivity contribution is 6.74. The molecule has 1 heterocycles. The highest BCUT2D eigenvalue weighted by Crippen LogP contribution is 2.37. The fourth-order valence-corrected chi connectivity index (χ4v) is 2.29. The van der Waals surface area contributed by atoms with Crippen LogP contribution in [0.2, 0.25) is 23.2 Å². The zero-order chi connectivity index (χ0) is 13.6. The van der Waals surface area contributed by atoms with Gasteiger partial charge in [0.15, 0.2) is 5.58 Å². The minimum absolute atomic E-state index is 0.116. The second-order valence-electron chi connectivity index (χ2n) is 5.95. The molecule has 98 valence electrons. The van der Waals surface area contributed by atoms with E-state index in [1.165, 1.54) is 0 Å². The Kier molecular flexibility index (Phi) is 3.19. The number of benzene rings is 1. The predicted octanol–water partition coefficient (Wildman–Crippen LogP) is 4.87. The fraction of sp³-hybridized carbons (Fsp3) is 0.462. The number of rotatable bonds is 2. The number of hydrogen-bond donors (Lipinski definition) is 0. The summed E-state index contributed by atoms with van der Waals surface area (Å²) in [6.07, 6.45) is 0.346. The van der Waals surface area contributed by atoms with Crippen molar-refractivity contribution in [1.29, 1.82) is 0 Å². The molecule has 1 aromatic heterocycles. The molecular weight excluding hydrogens is 266 g/mol. The van der Waals surface area contributed by atoms with Crippen LogP contribution in [-0.2, 0) is 0 Å². The summed E-state index contributed by atoms with van der Waals surface area (Å²) in [4.78, 5) is 4.33. The third-order valence-corrected chi connectivity index (χ3v) is 8.01. The van der Waals surface area contributed by atoms with E-state index < -0.39 is 8.32 Å². The lowest BCUT2D eigenvalue weighted by atomic mass is 10.2. The van der Waals surface area contributed by atoms with Gasteiger partial charge in [-0.15, -0.1) is 0 Å². The Labute approximate surface area is 113 Å². The standard InChI is InChI=1S/C13H18ClNO2Si/c1-13(2,3)18(4,5)17-12-15-10-8-9(14)6-7-11(10)16-12/h6-8H,1-5H3. The first-order chi connectivity index (χ1) is 8.19. The van der Waals surface area contributed by atoms with Gasteiger partial charge in [-0.3, -0.25) is 0 Å². The molecule has 18 heavy (non-hydrogen) atoms. The van der Waals surface area contributed by atoms with Crippen molar-refractivity contribution in [2.75, 3.05) is 0 Å². The average Bonchev–Trinajstić information content (AvgIpc) is 2.56. The molecule has 0 bridgehead atoms. The van der Waals surface area contributed by atoms with Crippen LogP contribution in [0.15, 0.2) is 22.6 Å². The van der Waals surface area contributed by atoms with Crippen LogP contribution < -0.4 is 4.43 Å². The van der Waals surface area contributed by atoms with Gasteiger partial charge in [0, 0.05) is 5.02 Å². The molecule has 0 aliphatic carbocycles. The zero-order valence-corrected chi connectivity index (χ0v) is 13.1. The minimum Gasteiger partial charge on any atom is -0.504 e.